The van der Waals surface area contributed by atoms with E-state index in [9.17, 15) is 13.2 Å². The molecule has 27 heavy (non-hydrogen) atoms. The predicted molar refractivity (Wildman–Crippen MR) is 107 cm³/mol. The molecule has 0 aliphatic heterocycles. The largest absolute Gasteiger partial charge is 0.385 e. The van der Waals surface area contributed by atoms with Gasteiger partial charge in [0.15, 0.2) is 0 Å². The minimum atomic E-state index is -3.80. The number of amides is 1. The zero-order valence-electron chi connectivity index (χ0n) is 15.7. The molecule has 0 heterocycles. The fourth-order valence-electron chi connectivity index (χ4n) is 2.37. The van der Waals surface area contributed by atoms with Crippen LogP contribution >= 0.6 is 0 Å². The highest BCUT2D eigenvalue weighted by molar-refractivity contribution is 7.92. The SMILES string of the molecule is COCCCNC(=O)c1cccc(S(=O)(=O)Nc2ccc(N(C)C)cc2)c1. The molecule has 0 spiro atoms. The van der Waals surface area contributed by atoms with E-state index in [1.54, 1.807) is 31.4 Å². The smallest absolute Gasteiger partial charge is 0.261 e. The molecule has 0 atom stereocenters. The number of rotatable bonds is 9. The normalized spacial score (nSPS) is 11.1. The van der Waals surface area contributed by atoms with Gasteiger partial charge < -0.3 is 15.0 Å². The van der Waals surface area contributed by atoms with Gasteiger partial charge in [0.05, 0.1) is 4.90 Å². The highest BCUT2D eigenvalue weighted by atomic mass is 32.2. The number of hydrogen-bond acceptors (Lipinski definition) is 5. The summed E-state index contributed by atoms with van der Waals surface area (Å²) in [6.07, 6.45) is 0.685. The lowest BCUT2D eigenvalue weighted by Crippen LogP contribution is -2.25. The first-order valence-electron chi connectivity index (χ1n) is 8.51. The lowest BCUT2D eigenvalue weighted by Gasteiger charge is -2.14. The van der Waals surface area contributed by atoms with Crippen molar-refractivity contribution in [2.24, 2.45) is 0 Å². The van der Waals surface area contributed by atoms with Gasteiger partial charge in [-0.15, -0.1) is 0 Å². The van der Waals surface area contributed by atoms with Crippen LogP contribution in [0.25, 0.3) is 0 Å². The van der Waals surface area contributed by atoms with Crippen molar-refractivity contribution in [1.29, 1.82) is 0 Å². The average Bonchev–Trinajstić information content (AvgIpc) is 2.65. The number of nitrogens with zero attached hydrogens (tertiary/aromatic N) is 1. The molecular formula is C19H25N3O4S. The van der Waals surface area contributed by atoms with Gasteiger partial charge in [-0.1, -0.05) is 6.07 Å². The van der Waals surface area contributed by atoms with E-state index in [1.165, 1.54) is 12.1 Å². The van der Waals surface area contributed by atoms with Gasteiger partial charge in [0, 0.05) is 51.3 Å². The van der Waals surface area contributed by atoms with Crippen LogP contribution in [0.1, 0.15) is 16.8 Å². The Morgan fingerprint density at radius 2 is 1.81 bits per heavy atom. The molecule has 0 saturated carbocycles. The van der Waals surface area contributed by atoms with Gasteiger partial charge in [-0.25, -0.2) is 8.42 Å². The number of nitrogens with one attached hydrogen (secondary N) is 2. The Hall–Kier alpha value is -2.58. The Balaban J connectivity index is 2.10. The topological polar surface area (TPSA) is 87.7 Å². The number of carbonyl (C=O) groups is 1. The summed E-state index contributed by atoms with van der Waals surface area (Å²) in [6.45, 7) is 1.01. The number of ether oxygens (including phenoxy) is 1. The van der Waals surface area contributed by atoms with E-state index in [-0.39, 0.29) is 10.8 Å². The Morgan fingerprint density at radius 3 is 2.44 bits per heavy atom. The first-order valence-corrected chi connectivity index (χ1v) is 9.99. The van der Waals surface area contributed by atoms with Crippen LogP contribution in [-0.4, -0.2) is 48.7 Å². The molecule has 146 valence electrons. The molecule has 2 aromatic rings. The maximum atomic E-state index is 12.6. The van der Waals surface area contributed by atoms with Crippen molar-refractivity contribution in [2.75, 3.05) is 44.0 Å². The van der Waals surface area contributed by atoms with Gasteiger partial charge in [0.25, 0.3) is 15.9 Å². The van der Waals surface area contributed by atoms with Crippen molar-refractivity contribution in [2.45, 2.75) is 11.3 Å². The lowest BCUT2D eigenvalue weighted by molar-refractivity contribution is 0.0948. The molecule has 0 radical (unpaired) electrons. The molecule has 0 unspecified atom stereocenters. The first kappa shape index (κ1) is 20.7. The van der Waals surface area contributed by atoms with Gasteiger partial charge in [0.2, 0.25) is 0 Å². The van der Waals surface area contributed by atoms with Crippen molar-refractivity contribution >= 4 is 27.3 Å². The fourth-order valence-corrected chi connectivity index (χ4v) is 3.47. The number of carbonyl (C=O) groups excluding carboxylic acids is 1. The molecule has 0 aliphatic carbocycles. The molecule has 2 rings (SSSR count). The molecule has 2 aromatic carbocycles. The van der Waals surface area contributed by atoms with Crippen LogP contribution in [0.2, 0.25) is 0 Å². The molecule has 0 saturated heterocycles. The van der Waals surface area contributed by atoms with Crippen LogP contribution in [0.3, 0.4) is 0 Å². The van der Waals surface area contributed by atoms with Crippen LogP contribution in [-0.2, 0) is 14.8 Å². The predicted octanol–water partition coefficient (Wildman–Crippen LogP) is 2.32. The van der Waals surface area contributed by atoms with Crippen molar-refractivity contribution in [1.82, 2.24) is 5.32 Å². The molecule has 0 aromatic heterocycles. The van der Waals surface area contributed by atoms with E-state index in [0.29, 0.717) is 30.8 Å². The number of benzene rings is 2. The Bertz CT molecular complexity index is 865. The Kier molecular flexibility index (Phi) is 7.20. The number of hydrogen-bond donors (Lipinski definition) is 2. The van der Waals surface area contributed by atoms with E-state index >= 15 is 0 Å². The van der Waals surface area contributed by atoms with E-state index in [4.69, 9.17) is 4.74 Å². The summed E-state index contributed by atoms with van der Waals surface area (Å²) < 4.78 is 32.7. The van der Waals surface area contributed by atoms with Crippen LogP contribution in [0.15, 0.2) is 53.4 Å². The zero-order chi connectivity index (χ0) is 19.9. The Morgan fingerprint density at radius 1 is 1.11 bits per heavy atom. The lowest BCUT2D eigenvalue weighted by atomic mass is 10.2. The summed E-state index contributed by atoms with van der Waals surface area (Å²) in [5, 5.41) is 2.74. The van der Waals surface area contributed by atoms with Crippen LogP contribution in [0.5, 0.6) is 0 Å². The summed E-state index contributed by atoms with van der Waals surface area (Å²) in [6, 6.07) is 13.0. The van der Waals surface area contributed by atoms with Gasteiger partial charge in [-0.05, 0) is 48.9 Å². The van der Waals surface area contributed by atoms with Crippen molar-refractivity contribution in [3.63, 3.8) is 0 Å². The van der Waals surface area contributed by atoms with E-state index in [1.807, 2.05) is 31.1 Å². The maximum Gasteiger partial charge on any atom is 0.261 e. The Labute approximate surface area is 160 Å². The average molecular weight is 391 g/mol. The third kappa shape index (κ3) is 5.97. The summed E-state index contributed by atoms with van der Waals surface area (Å²) in [7, 11) is 1.61. The van der Waals surface area contributed by atoms with Crippen molar-refractivity contribution in [3.8, 4) is 0 Å². The fraction of sp³-hybridized carbons (Fsp3) is 0.316. The second-order valence-corrected chi connectivity index (χ2v) is 7.86. The van der Waals surface area contributed by atoms with Gasteiger partial charge >= 0.3 is 0 Å². The summed E-state index contributed by atoms with van der Waals surface area (Å²) in [5.74, 6) is -0.321. The van der Waals surface area contributed by atoms with E-state index < -0.39 is 10.0 Å². The van der Waals surface area contributed by atoms with Crippen molar-refractivity contribution in [3.05, 3.63) is 54.1 Å². The summed E-state index contributed by atoms with van der Waals surface area (Å²) in [5.41, 5.74) is 1.71. The number of anilines is 2. The second kappa shape index (κ2) is 9.38. The molecule has 0 fully saturated rings. The molecule has 0 aliphatic rings. The maximum absolute atomic E-state index is 12.6. The van der Waals surface area contributed by atoms with Gasteiger partial charge in [-0.3, -0.25) is 9.52 Å². The molecule has 2 N–H and O–H groups in total. The molecule has 1 amide bonds. The summed E-state index contributed by atoms with van der Waals surface area (Å²) in [4.78, 5) is 14.1. The molecule has 0 bridgehead atoms. The standard InChI is InChI=1S/C19H25N3O4S/c1-22(2)17-10-8-16(9-11-17)21-27(24,25)18-7-4-6-15(14-18)19(23)20-12-5-13-26-3/h4,6-11,14,21H,5,12-13H2,1-3H3,(H,20,23). The minimum Gasteiger partial charge on any atom is -0.385 e. The van der Waals surface area contributed by atoms with Crippen molar-refractivity contribution < 1.29 is 17.9 Å². The zero-order valence-corrected chi connectivity index (χ0v) is 16.5. The third-order valence-electron chi connectivity index (χ3n) is 3.85. The van der Waals surface area contributed by atoms with Crippen LogP contribution in [0, 0.1) is 0 Å². The van der Waals surface area contributed by atoms with E-state index in [2.05, 4.69) is 10.0 Å². The molecular weight excluding hydrogens is 366 g/mol. The van der Waals surface area contributed by atoms with E-state index in [0.717, 1.165) is 5.69 Å². The molecule has 8 heteroatoms. The highest BCUT2D eigenvalue weighted by Gasteiger charge is 2.16. The van der Waals surface area contributed by atoms with Crippen LogP contribution in [0.4, 0.5) is 11.4 Å². The first-order chi connectivity index (χ1) is 12.8. The third-order valence-corrected chi connectivity index (χ3v) is 5.23. The minimum absolute atomic E-state index is 0.0312. The second-order valence-electron chi connectivity index (χ2n) is 6.18. The number of methoxy groups -OCH3 is 1. The molecule has 7 nitrogen and oxygen atoms in total. The summed E-state index contributed by atoms with van der Waals surface area (Å²) >= 11 is 0. The quantitative estimate of drug-likeness (QED) is 0.641. The van der Waals surface area contributed by atoms with Gasteiger partial charge in [0.1, 0.15) is 0 Å². The van der Waals surface area contributed by atoms with Gasteiger partial charge in [-0.2, -0.15) is 0 Å². The number of sulfonamides is 1. The highest BCUT2D eigenvalue weighted by Crippen LogP contribution is 2.20. The monoisotopic (exact) mass is 391 g/mol. The van der Waals surface area contributed by atoms with Crippen LogP contribution < -0.4 is 14.9 Å².